The van der Waals surface area contributed by atoms with Crippen molar-refractivity contribution in [2.24, 2.45) is 13.0 Å². The molecule has 1 N–H and O–H groups in total. The summed E-state index contributed by atoms with van der Waals surface area (Å²) in [6.07, 6.45) is 5.90. The van der Waals surface area contributed by atoms with Crippen molar-refractivity contribution in [1.82, 2.24) is 14.8 Å². The highest BCUT2D eigenvalue weighted by atomic mass is 32.2. The fourth-order valence-electron chi connectivity index (χ4n) is 3.53. The van der Waals surface area contributed by atoms with E-state index in [-0.39, 0.29) is 17.0 Å². The molecule has 144 valence electrons. The van der Waals surface area contributed by atoms with Gasteiger partial charge in [-0.15, -0.1) is 11.8 Å². The lowest BCUT2D eigenvalue weighted by Gasteiger charge is -2.32. The number of nitrogens with one attached hydrogen (secondary N) is 1. The number of piperidine rings is 1. The highest BCUT2D eigenvalue weighted by Crippen LogP contribution is 2.24. The molecular weight excluding hydrogens is 358 g/mol. The van der Waals surface area contributed by atoms with E-state index >= 15 is 0 Å². The molecule has 1 aliphatic heterocycles. The zero-order chi connectivity index (χ0) is 19.2. The standard InChI is InChI=1S/C21H27N3O2S/c1-23-11-5-7-18(21(23)26)20(25)22-14-16-9-12-24(13-10-16)15-17-6-3-4-8-19(17)27-2/h3-8,11,16H,9-10,12-15H2,1-2H3,(H,22,25). The van der Waals surface area contributed by atoms with Crippen LogP contribution in [0.25, 0.3) is 0 Å². The summed E-state index contributed by atoms with van der Waals surface area (Å²) < 4.78 is 1.43. The number of hydrogen-bond donors (Lipinski definition) is 1. The van der Waals surface area contributed by atoms with Crippen molar-refractivity contribution in [2.45, 2.75) is 24.3 Å². The highest BCUT2D eigenvalue weighted by molar-refractivity contribution is 7.98. The number of aromatic nitrogens is 1. The zero-order valence-corrected chi connectivity index (χ0v) is 16.8. The van der Waals surface area contributed by atoms with Crippen LogP contribution in [0.3, 0.4) is 0 Å². The Balaban J connectivity index is 1.48. The number of rotatable bonds is 6. The highest BCUT2D eigenvalue weighted by Gasteiger charge is 2.21. The molecule has 0 unspecified atom stereocenters. The van der Waals surface area contributed by atoms with E-state index in [0.29, 0.717) is 12.5 Å². The van der Waals surface area contributed by atoms with Crippen molar-refractivity contribution in [3.8, 4) is 0 Å². The Hall–Kier alpha value is -2.05. The minimum absolute atomic E-state index is 0.214. The summed E-state index contributed by atoms with van der Waals surface area (Å²) in [7, 11) is 1.66. The maximum Gasteiger partial charge on any atom is 0.263 e. The molecule has 0 atom stereocenters. The lowest BCUT2D eigenvalue weighted by Crippen LogP contribution is -2.39. The number of nitrogens with zero attached hydrogens (tertiary/aromatic N) is 2. The van der Waals surface area contributed by atoms with Gasteiger partial charge in [0.05, 0.1) is 0 Å². The first-order chi connectivity index (χ1) is 13.1. The second kappa shape index (κ2) is 9.24. The van der Waals surface area contributed by atoms with Crippen LogP contribution >= 0.6 is 11.8 Å². The third-order valence-corrected chi connectivity index (χ3v) is 6.05. The Morgan fingerprint density at radius 2 is 1.93 bits per heavy atom. The maximum atomic E-state index is 12.3. The molecule has 1 saturated heterocycles. The molecule has 1 amide bonds. The quantitative estimate of drug-likeness (QED) is 0.777. The summed E-state index contributed by atoms with van der Waals surface area (Å²) in [5.41, 5.74) is 1.35. The predicted molar refractivity (Wildman–Crippen MR) is 110 cm³/mol. The van der Waals surface area contributed by atoms with Gasteiger partial charge >= 0.3 is 0 Å². The Kier molecular flexibility index (Phi) is 6.74. The lowest BCUT2D eigenvalue weighted by atomic mass is 9.96. The van der Waals surface area contributed by atoms with Gasteiger partial charge in [0.2, 0.25) is 0 Å². The van der Waals surface area contributed by atoms with Crippen LogP contribution < -0.4 is 10.9 Å². The lowest BCUT2D eigenvalue weighted by molar-refractivity contribution is 0.0933. The van der Waals surface area contributed by atoms with Crippen LogP contribution in [0.1, 0.15) is 28.8 Å². The van der Waals surface area contributed by atoms with Crippen LogP contribution in [0.5, 0.6) is 0 Å². The Morgan fingerprint density at radius 1 is 1.19 bits per heavy atom. The molecule has 1 aromatic heterocycles. The van der Waals surface area contributed by atoms with Gasteiger partial charge in [0, 0.05) is 31.2 Å². The fourth-order valence-corrected chi connectivity index (χ4v) is 4.14. The van der Waals surface area contributed by atoms with Gasteiger partial charge in [0.25, 0.3) is 11.5 Å². The van der Waals surface area contributed by atoms with E-state index in [0.717, 1.165) is 32.5 Å². The van der Waals surface area contributed by atoms with E-state index in [9.17, 15) is 9.59 Å². The second-order valence-corrected chi connectivity index (χ2v) is 7.93. The minimum atomic E-state index is -0.271. The minimum Gasteiger partial charge on any atom is -0.352 e. The van der Waals surface area contributed by atoms with Crippen molar-refractivity contribution in [3.63, 3.8) is 0 Å². The van der Waals surface area contributed by atoms with E-state index in [4.69, 9.17) is 0 Å². The zero-order valence-electron chi connectivity index (χ0n) is 16.0. The molecule has 2 heterocycles. The molecule has 0 aliphatic carbocycles. The van der Waals surface area contributed by atoms with Gasteiger partial charge in [-0.2, -0.15) is 0 Å². The molecule has 2 aromatic rings. The number of carbonyl (C=O) groups excluding carboxylic acids is 1. The number of aryl methyl sites for hydroxylation is 1. The molecule has 1 fully saturated rings. The molecule has 6 heteroatoms. The van der Waals surface area contributed by atoms with E-state index in [2.05, 4.69) is 40.7 Å². The van der Waals surface area contributed by atoms with Crippen LogP contribution in [0.4, 0.5) is 0 Å². The van der Waals surface area contributed by atoms with Gasteiger partial charge in [-0.05, 0) is 61.9 Å². The average Bonchev–Trinajstić information content (AvgIpc) is 2.69. The summed E-state index contributed by atoms with van der Waals surface area (Å²) in [4.78, 5) is 28.2. The van der Waals surface area contributed by atoms with Crippen LogP contribution in [0.2, 0.25) is 0 Å². The van der Waals surface area contributed by atoms with Gasteiger partial charge < -0.3 is 9.88 Å². The van der Waals surface area contributed by atoms with Crippen molar-refractivity contribution in [3.05, 3.63) is 64.1 Å². The van der Waals surface area contributed by atoms with Gasteiger partial charge in [0.15, 0.2) is 0 Å². The third kappa shape index (κ3) is 5.02. The topological polar surface area (TPSA) is 54.3 Å². The van der Waals surface area contributed by atoms with Gasteiger partial charge in [0.1, 0.15) is 5.56 Å². The first kappa shape index (κ1) is 19.7. The molecule has 3 rings (SSSR count). The van der Waals surface area contributed by atoms with Crippen molar-refractivity contribution in [2.75, 3.05) is 25.9 Å². The van der Waals surface area contributed by atoms with Crippen LogP contribution in [-0.2, 0) is 13.6 Å². The van der Waals surface area contributed by atoms with E-state index in [1.165, 1.54) is 15.0 Å². The summed E-state index contributed by atoms with van der Waals surface area (Å²) in [6.45, 7) is 3.69. The molecule has 0 radical (unpaired) electrons. The molecule has 0 saturated carbocycles. The van der Waals surface area contributed by atoms with Crippen LogP contribution in [0.15, 0.2) is 52.3 Å². The molecule has 0 bridgehead atoms. The molecule has 1 aromatic carbocycles. The smallest absolute Gasteiger partial charge is 0.263 e. The molecule has 1 aliphatic rings. The number of benzene rings is 1. The average molecular weight is 386 g/mol. The van der Waals surface area contributed by atoms with Crippen molar-refractivity contribution in [1.29, 1.82) is 0 Å². The van der Waals surface area contributed by atoms with Crippen LogP contribution in [0, 0.1) is 5.92 Å². The summed E-state index contributed by atoms with van der Waals surface area (Å²) in [5.74, 6) is 0.195. The van der Waals surface area contributed by atoms with Crippen molar-refractivity contribution < 1.29 is 4.79 Å². The fraction of sp³-hybridized carbons (Fsp3) is 0.429. The predicted octanol–water partition coefficient (Wildman–Crippen LogP) is 2.75. The number of thioether (sulfide) groups is 1. The van der Waals surface area contributed by atoms with E-state index in [1.54, 1.807) is 37.1 Å². The van der Waals surface area contributed by atoms with Crippen molar-refractivity contribution >= 4 is 17.7 Å². The third-order valence-electron chi connectivity index (χ3n) is 5.21. The molecule has 27 heavy (non-hydrogen) atoms. The normalized spacial score (nSPS) is 15.6. The molecular formula is C21H27N3O2S. The summed E-state index contributed by atoms with van der Waals surface area (Å²) >= 11 is 1.79. The number of carbonyl (C=O) groups is 1. The number of likely N-dealkylation sites (tertiary alicyclic amines) is 1. The number of amides is 1. The Bertz CT molecular complexity index is 841. The van der Waals surface area contributed by atoms with Gasteiger partial charge in [-0.1, -0.05) is 18.2 Å². The van der Waals surface area contributed by atoms with E-state index in [1.807, 2.05) is 0 Å². The number of pyridine rings is 1. The molecule has 0 spiro atoms. The number of hydrogen-bond acceptors (Lipinski definition) is 4. The monoisotopic (exact) mass is 385 g/mol. The van der Waals surface area contributed by atoms with E-state index < -0.39 is 0 Å². The Morgan fingerprint density at radius 3 is 2.67 bits per heavy atom. The first-order valence-corrected chi connectivity index (χ1v) is 10.6. The molecule has 5 nitrogen and oxygen atoms in total. The summed E-state index contributed by atoms with van der Waals surface area (Å²) in [5, 5.41) is 2.95. The largest absolute Gasteiger partial charge is 0.352 e. The van der Waals surface area contributed by atoms with Gasteiger partial charge in [-0.3, -0.25) is 14.5 Å². The summed E-state index contributed by atoms with van der Waals surface area (Å²) in [6, 6.07) is 11.9. The first-order valence-electron chi connectivity index (χ1n) is 9.36. The SMILES string of the molecule is CSc1ccccc1CN1CCC(CNC(=O)c2cccn(C)c2=O)CC1. The maximum absolute atomic E-state index is 12.3. The second-order valence-electron chi connectivity index (χ2n) is 7.08. The Labute approximate surface area is 164 Å². The van der Waals surface area contributed by atoms with Gasteiger partial charge in [-0.25, -0.2) is 0 Å². The van der Waals surface area contributed by atoms with Crippen LogP contribution in [-0.4, -0.2) is 41.3 Å².